The molecule has 1 amide bonds. The van der Waals surface area contributed by atoms with Crippen molar-refractivity contribution in [3.63, 3.8) is 0 Å². The molecule has 2 fully saturated rings. The molecule has 15 nitrogen and oxygen atoms in total. The second kappa shape index (κ2) is 18.1. The molecule has 2 aliphatic heterocycles. The van der Waals surface area contributed by atoms with Gasteiger partial charge in [0, 0.05) is 100 Å². The van der Waals surface area contributed by atoms with Crippen molar-refractivity contribution in [2.24, 2.45) is 0 Å². The van der Waals surface area contributed by atoms with E-state index in [0.717, 1.165) is 48.6 Å². The standard InChI is InChI=1S/C22H18ClN5O2.C13H15N3.C9H5ClN2O3/c23-17-6-8-24-18-16(13-26-19(17)18)20(29)22(30)28-11-9-27(10-12-28)21-15-4-2-1-3-14(15)5-7-25-21;1-2-4-12-11(3-1)5-6-15-13(12)16-9-7-14-8-10-16;10-5-1-2-11-6-4(3-12-7(5)6)8(13)9(14)15/h1-8,13,26H,9-12H2;1-6,14H,7-10H2;1-3,12H,(H,14,15). The number of nitrogens with one attached hydrogen (secondary N) is 3. The summed E-state index contributed by atoms with van der Waals surface area (Å²) >= 11 is 12.0. The van der Waals surface area contributed by atoms with Gasteiger partial charge in [-0.1, -0.05) is 71.7 Å². The summed E-state index contributed by atoms with van der Waals surface area (Å²) in [6.45, 7) is 6.30. The van der Waals surface area contributed by atoms with Gasteiger partial charge in [-0.15, -0.1) is 0 Å². The van der Waals surface area contributed by atoms with E-state index in [-0.39, 0.29) is 16.6 Å². The van der Waals surface area contributed by atoms with Crippen LogP contribution in [0.25, 0.3) is 43.6 Å². The number of carbonyl (C=O) groups is 4. The number of H-pyrrole nitrogens is 2. The van der Waals surface area contributed by atoms with Crippen molar-refractivity contribution in [2.75, 3.05) is 62.2 Å². The summed E-state index contributed by atoms with van der Waals surface area (Å²) in [6, 6.07) is 23.8. The highest BCUT2D eigenvalue weighted by Crippen LogP contribution is 2.28. The lowest BCUT2D eigenvalue weighted by atomic mass is 10.1. The lowest BCUT2D eigenvalue weighted by molar-refractivity contribution is -0.131. The highest BCUT2D eigenvalue weighted by molar-refractivity contribution is 6.45. The first-order valence-electron chi connectivity index (χ1n) is 19.4. The van der Waals surface area contributed by atoms with Crippen molar-refractivity contribution in [3.05, 3.63) is 131 Å². The quantitative estimate of drug-likeness (QED) is 0.106. The maximum absolute atomic E-state index is 12.8. The number of carboxylic acid groups (broad SMARTS) is 1. The summed E-state index contributed by atoms with van der Waals surface area (Å²) < 4.78 is 0. The molecule has 0 bridgehead atoms. The highest BCUT2D eigenvalue weighted by atomic mass is 35.5. The number of aromatic nitrogens is 6. The SMILES string of the molecule is O=C(C(=O)N1CCN(c2nccc3ccccc23)CC1)c1c[nH]c2c(Cl)ccnc12.O=C(O)C(=O)c1c[nH]c2c(Cl)ccnc12.c1ccc2c(N3CCNCC3)nccc2c1. The predicted octanol–water partition coefficient (Wildman–Crippen LogP) is 6.42. The maximum atomic E-state index is 12.8. The number of hydrogen-bond donors (Lipinski definition) is 4. The van der Waals surface area contributed by atoms with E-state index in [1.807, 2.05) is 30.5 Å². The molecule has 0 radical (unpaired) electrons. The van der Waals surface area contributed by atoms with Crippen LogP contribution in [-0.2, 0) is 9.59 Å². The summed E-state index contributed by atoms with van der Waals surface area (Å²) in [5, 5.41) is 17.5. The third kappa shape index (κ3) is 8.57. The van der Waals surface area contributed by atoms with Crippen LogP contribution in [0.4, 0.5) is 11.6 Å². The Hall–Kier alpha value is -6.94. The van der Waals surface area contributed by atoms with E-state index >= 15 is 0 Å². The van der Waals surface area contributed by atoms with Gasteiger partial charge < -0.3 is 35.1 Å². The Kier molecular flexibility index (Phi) is 12.1. The second-order valence-corrected chi connectivity index (χ2v) is 14.9. The molecule has 6 aromatic heterocycles. The molecule has 17 heteroatoms. The Balaban J connectivity index is 0.000000139. The van der Waals surface area contributed by atoms with Crippen LogP contribution in [-0.4, -0.2) is 116 Å². The number of Topliss-reactive ketones (excluding diaryl/α,β-unsaturated/α-hetero) is 2. The molecular formula is C44H38Cl2N10O5. The molecule has 0 spiro atoms. The molecule has 8 heterocycles. The third-order valence-corrected chi connectivity index (χ3v) is 11.1. The van der Waals surface area contributed by atoms with Crippen molar-refractivity contribution in [1.82, 2.24) is 40.1 Å². The van der Waals surface area contributed by atoms with E-state index in [4.69, 9.17) is 28.3 Å². The minimum Gasteiger partial charge on any atom is -0.475 e. The normalized spacial score (nSPS) is 14.0. The lowest BCUT2D eigenvalue weighted by Gasteiger charge is -2.35. The number of carbonyl (C=O) groups excluding carboxylic acids is 3. The van der Waals surface area contributed by atoms with Crippen LogP contribution in [0, 0.1) is 0 Å². The Morgan fingerprint density at radius 3 is 1.52 bits per heavy atom. The number of amides is 1. The Morgan fingerprint density at radius 2 is 1.02 bits per heavy atom. The molecule has 8 aromatic rings. The summed E-state index contributed by atoms with van der Waals surface area (Å²) in [5.74, 6) is -1.59. The number of nitrogens with zero attached hydrogens (tertiary/aromatic N) is 7. The summed E-state index contributed by atoms with van der Waals surface area (Å²) in [7, 11) is 0. The fourth-order valence-electron chi connectivity index (χ4n) is 7.41. The van der Waals surface area contributed by atoms with Gasteiger partial charge in [0.15, 0.2) is 0 Å². The molecule has 4 N–H and O–H groups in total. The smallest absolute Gasteiger partial charge is 0.377 e. The van der Waals surface area contributed by atoms with Crippen molar-refractivity contribution >= 4 is 102 Å². The summed E-state index contributed by atoms with van der Waals surface area (Å²) in [6.07, 6.45) is 9.43. The van der Waals surface area contributed by atoms with Gasteiger partial charge in [-0.05, 0) is 35.0 Å². The zero-order chi connectivity index (χ0) is 42.5. The number of benzene rings is 2. The van der Waals surface area contributed by atoms with Gasteiger partial charge in [-0.3, -0.25) is 24.4 Å². The number of rotatable bonds is 6. The van der Waals surface area contributed by atoms with Gasteiger partial charge in [0.25, 0.3) is 17.5 Å². The third-order valence-electron chi connectivity index (χ3n) is 10.5. The van der Waals surface area contributed by atoms with Crippen LogP contribution in [0.2, 0.25) is 10.0 Å². The van der Waals surface area contributed by atoms with Crippen LogP contribution in [0.1, 0.15) is 20.7 Å². The van der Waals surface area contributed by atoms with Crippen LogP contribution >= 0.6 is 23.2 Å². The number of aromatic amines is 2. The summed E-state index contributed by atoms with van der Waals surface area (Å²) in [5.41, 5.74) is 1.97. The van der Waals surface area contributed by atoms with Crippen molar-refractivity contribution < 1.29 is 24.3 Å². The van der Waals surface area contributed by atoms with Gasteiger partial charge in [-0.25, -0.2) is 14.8 Å². The van der Waals surface area contributed by atoms with Crippen LogP contribution in [0.3, 0.4) is 0 Å². The van der Waals surface area contributed by atoms with Gasteiger partial charge in [0.1, 0.15) is 22.7 Å². The number of anilines is 2. The number of pyridine rings is 4. The molecule has 0 saturated carbocycles. The predicted molar refractivity (Wildman–Crippen MR) is 236 cm³/mol. The Bertz CT molecular complexity index is 2910. The monoisotopic (exact) mass is 856 g/mol. The van der Waals surface area contributed by atoms with E-state index < -0.39 is 23.4 Å². The van der Waals surface area contributed by atoms with E-state index in [0.29, 0.717) is 52.8 Å². The minimum absolute atomic E-state index is 0.0139. The van der Waals surface area contributed by atoms with E-state index in [1.54, 1.807) is 23.2 Å². The van der Waals surface area contributed by atoms with Crippen molar-refractivity contribution in [1.29, 1.82) is 0 Å². The molecule has 2 aliphatic rings. The molecule has 308 valence electrons. The maximum Gasteiger partial charge on any atom is 0.377 e. The first-order chi connectivity index (χ1) is 29.7. The average Bonchev–Trinajstić information content (AvgIpc) is 3.95. The Labute approximate surface area is 358 Å². The highest BCUT2D eigenvalue weighted by Gasteiger charge is 2.30. The molecular weight excluding hydrogens is 819 g/mol. The first-order valence-corrected chi connectivity index (χ1v) is 20.2. The average molecular weight is 858 g/mol. The zero-order valence-corrected chi connectivity index (χ0v) is 34.0. The van der Waals surface area contributed by atoms with E-state index in [9.17, 15) is 19.2 Å². The van der Waals surface area contributed by atoms with Crippen LogP contribution in [0.5, 0.6) is 0 Å². The fraction of sp³-hybridized carbons (Fsp3) is 0.182. The number of fused-ring (bicyclic) bond motifs is 4. The van der Waals surface area contributed by atoms with E-state index in [2.05, 4.69) is 81.4 Å². The molecule has 2 saturated heterocycles. The van der Waals surface area contributed by atoms with Gasteiger partial charge in [-0.2, -0.15) is 0 Å². The van der Waals surface area contributed by atoms with Gasteiger partial charge in [0.05, 0.1) is 32.2 Å². The molecule has 61 heavy (non-hydrogen) atoms. The second-order valence-electron chi connectivity index (χ2n) is 14.1. The number of ketones is 2. The largest absolute Gasteiger partial charge is 0.475 e. The topological polar surface area (TPSA) is 193 Å². The number of carboxylic acids is 1. The number of aliphatic carboxylic acids is 1. The van der Waals surface area contributed by atoms with Crippen LogP contribution in [0.15, 0.2) is 110 Å². The summed E-state index contributed by atoms with van der Waals surface area (Å²) in [4.78, 5) is 76.4. The molecule has 0 unspecified atom stereocenters. The number of halogens is 2. The van der Waals surface area contributed by atoms with Crippen LogP contribution < -0.4 is 15.1 Å². The number of piperazine rings is 2. The van der Waals surface area contributed by atoms with E-state index in [1.165, 1.54) is 35.6 Å². The van der Waals surface area contributed by atoms with Crippen molar-refractivity contribution in [3.8, 4) is 0 Å². The first kappa shape index (κ1) is 40.8. The zero-order valence-electron chi connectivity index (χ0n) is 32.5. The van der Waals surface area contributed by atoms with Gasteiger partial charge >= 0.3 is 5.97 Å². The number of hydrogen-bond acceptors (Lipinski definition) is 11. The van der Waals surface area contributed by atoms with Gasteiger partial charge in [0.2, 0.25) is 0 Å². The lowest BCUT2D eigenvalue weighted by Crippen LogP contribution is -2.50. The Morgan fingerprint density at radius 1 is 0.557 bits per heavy atom. The molecule has 0 atom stereocenters. The molecule has 2 aromatic carbocycles. The molecule has 10 rings (SSSR count). The molecule has 0 aliphatic carbocycles. The minimum atomic E-state index is -1.52. The van der Waals surface area contributed by atoms with Crippen molar-refractivity contribution in [2.45, 2.75) is 0 Å². The fourth-order valence-corrected chi connectivity index (χ4v) is 7.82.